The second-order valence-corrected chi connectivity index (χ2v) is 5.30. The van der Waals surface area contributed by atoms with Crippen LogP contribution >= 0.6 is 0 Å². The zero-order valence-corrected chi connectivity index (χ0v) is 10.0. The van der Waals surface area contributed by atoms with E-state index in [1.165, 1.54) is 32.5 Å². The first-order valence-electron chi connectivity index (χ1n) is 6.29. The van der Waals surface area contributed by atoms with E-state index in [-0.39, 0.29) is 6.10 Å². The second-order valence-electron chi connectivity index (χ2n) is 5.30. The van der Waals surface area contributed by atoms with Crippen molar-refractivity contribution in [2.24, 2.45) is 0 Å². The van der Waals surface area contributed by atoms with Crippen molar-refractivity contribution in [1.29, 1.82) is 0 Å². The van der Waals surface area contributed by atoms with Crippen LogP contribution in [-0.2, 0) is 0 Å². The highest BCUT2D eigenvalue weighted by Crippen LogP contribution is 2.24. The number of aliphatic hydroxyl groups is 1. The van der Waals surface area contributed by atoms with Crippen LogP contribution in [0.25, 0.3) is 0 Å². The lowest BCUT2D eigenvalue weighted by molar-refractivity contribution is 0.0217. The van der Waals surface area contributed by atoms with Gasteiger partial charge in [-0.15, -0.1) is 0 Å². The van der Waals surface area contributed by atoms with Crippen LogP contribution in [0.3, 0.4) is 0 Å². The van der Waals surface area contributed by atoms with Crippen molar-refractivity contribution in [3.05, 3.63) is 0 Å². The minimum atomic E-state index is -0.0429. The summed E-state index contributed by atoms with van der Waals surface area (Å²) >= 11 is 0. The number of piperazine rings is 1. The van der Waals surface area contributed by atoms with Gasteiger partial charge >= 0.3 is 0 Å². The molecular formula is C12H24N2O. The van der Waals surface area contributed by atoms with Crippen LogP contribution in [0.1, 0.15) is 32.6 Å². The molecule has 1 saturated heterocycles. The summed E-state index contributed by atoms with van der Waals surface area (Å²) < 4.78 is 0. The molecule has 0 aromatic carbocycles. The van der Waals surface area contributed by atoms with Crippen molar-refractivity contribution < 1.29 is 5.11 Å². The molecule has 2 rings (SSSR count). The standard InChI is InChI=1S/C12H24N2O/c1-10-9-14(7-6-13(10)2)11-4-3-5-12(15)8-11/h10-12,15H,3-9H2,1-2H3. The zero-order valence-electron chi connectivity index (χ0n) is 10.0. The quantitative estimate of drug-likeness (QED) is 0.700. The fourth-order valence-corrected chi connectivity index (χ4v) is 2.88. The van der Waals surface area contributed by atoms with Gasteiger partial charge in [-0.1, -0.05) is 0 Å². The maximum absolute atomic E-state index is 9.69. The normalized spacial score (nSPS) is 40.6. The lowest BCUT2D eigenvalue weighted by Crippen LogP contribution is -2.54. The molecule has 15 heavy (non-hydrogen) atoms. The Bertz CT molecular complexity index is 210. The van der Waals surface area contributed by atoms with E-state index in [1.54, 1.807) is 0 Å². The summed E-state index contributed by atoms with van der Waals surface area (Å²) in [6.45, 7) is 5.82. The smallest absolute Gasteiger partial charge is 0.0555 e. The van der Waals surface area contributed by atoms with Crippen molar-refractivity contribution in [2.45, 2.75) is 50.8 Å². The Kier molecular flexibility index (Phi) is 3.65. The monoisotopic (exact) mass is 212 g/mol. The van der Waals surface area contributed by atoms with Crippen molar-refractivity contribution in [3.63, 3.8) is 0 Å². The first-order valence-corrected chi connectivity index (χ1v) is 6.29. The molecule has 0 aromatic rings. The van der Waals surface area contributed by atoms with Gasteiger partial charge in [0.15, 0.2) is 0 Å². The van der Waals surface area contributed by atoms with Crippen LogP contribution in [-0.4, -0.2) is 59.8 Å². The minimum Gasteiger partial charge on any atom is -0.393 e. The Balaban J connectivity index is 1.87. The summed E-state index contributed by atoms with van der Waals surface area (Å²) in [5.41, 5.74) is 0. The Morgan fingerprint density at radius 1 is 1.20 bits per heavy atom. The van der Waals surface area contributed by atoms with E-state index in [4.69, 9.17) is 0 Å². The zero-order chi connectivity index (χ0) is 10.8. The van der Waals surface area contributed by atoms with E-state index in [9.17, 15) is 5.11 Å². The summed E-state index contributed by atoms with van der Waals surface area (Å²) in [6, 6.07) is 1.31. The molecule has 3 heteroatoms. The van der Waals surface area contributed by atoms with Crippen LogP contribution in [0.5, 0.6) is 0 Å². The van der Waals surface area contributed by atoms with Gasteiger partial charge in [-0.2, -0.15) is 0 Å². The van der Waals surface area contributed by atoms with Gasteiger partial charge in [0.1, 0.15) is 0 Å². The lowest BCUT2D eigenvalue weighted by Gasteiger charge is -2.43. The highest BCUT2D eigenvalue weighted by atomic mass is 16.3. The molecule has 1 saturated carbocycles. The predicted molar refractivity (Wildman–Crippen MR) is 61.9 cm³/mol. The van der Waals surface area contributed by atoms with Gasteiger partial charge < -0.3 is 10.0 Å². The third-order valence-corrected chi connectivity index (χ3v) is 4.13. The predicted octanol–water partition coefficient (Wildman–Crippen LogP) is 0.926. The number of hydrogen-bond donors (Lipinski definition) is 1. The third kappa shape index (κ3) is 2.71. The SMILES string of the molecule is CC1CN(C2CCCC(O)C2)CCN1C. The number of likely N-dealkylation sites (N-methyl/N-ethyl adjacent to an activating group) is 1. The molecule has 2 fully saturated rings. The van der Waals surface area contributed by atoms with Crippen LogP contribution in [0.15, 0.2) is 0 Å². The van der Waals surface area contributed by atoms with Gasteiger partial charge in [0, 0.05) is 31.7 Å². The Labute approximate surface area is 93.1 Å². The molecule has 0 spiro atoms. The summed E-state index contributed by atoms with van der Waals surface area (Å²) in [5.74, 6) is 0. The van der Waals surface area contributed by atoms with E-state index in [1.807, 2.05) is 0 Å². The first kappa shape index (κ1) is 11.4. The number of hydrogen-bond acceptors (Lipinski definition) is 3. The van der Waals surface area contributed by atoms with Crippen molar-refractivity contribution in [2.75, 3.05) is 26.7 Å². The van der Waals surface area contributed by atoms with Crippen molar-refractivity contribution >= 4 is 0 Å². The average Bonchev–Trinajstić information content (AvgIpc) is 2.22. The molecule has 3 atom stereocenters. The molecule has 1 N–H and O–H groups in total. The van der Waals surface area contributed by atoms with Crippen molar-refractivity contribution in [1.82, 2.24) is 9.80 Å². The molecule has 1 aliphatic carbocycles. The van der Waals surface area contributed by atoms with Gasteiger partial charge in [-0.25, -0.2) is 0 Å². The highest BCUT2D eigenvalue weighted by Gasteiger charge is 2.29. The minimum absolute atomic E-state index is 0.0429. The maximum atomic E-state index is 9.69. The van der Waals surface area contributed by atoms with E-state index < -0.39 is 0 Å². The summed E-state index contributed by atoms with van der Waals surface area (Å²) in [5, 5.41) is 9.69. The lowest BCUT2D eigenvalue weighted by atomic mass is 9.91. The molecule has 0 bridgehead atoms. The van der Waals surface area contributed by atoms with E-state index >= 15 is 0 Å². The topological polar surface area (TPSA) is 26.7 Å². The van der Waals surface area contributed by atoms with Crippen LogP contribution in [0.4, 0.5) is 0 Å². The van der Waals surface area contributed by atoms with E-state index in [0.717, 1.165) is 12.8 Å². The molecule has 0 amide bonds. The number of nitrogens with zero attached hydrogens (tertiary/aromatic N) is 2. The van der Waals surface area contributed by atoms with Gasteiger partial charge in [-0.3, -0.25) is 4.90 Å². The molecule has 3 nitrogen and oxygen atoms in total. The molecule has 0 aromatic heterocycles. The van der Waals surface area contributed by atoms with Gasteiger partial charge in [0.2, 0.25) is 0 Å². The average molecular weight is 212 g/mol. The third-order valence-electron chi connectivity index (χ3n) is 4.13. The largest absolute Gasteiger partial charge is 0.393 e. The summed E-state index contributed by atoms with van der Waals surface area (Å²) in [7, 11) is 2.21. The first-order chi connectivity index (χ1) is 7.16. The number of aliphatic hydroxyl groups excluding tert-OH is 1. The van der Waals surface area contributed by atoms with E-state index in [2.05, 4.69) is 23.8 Å². The molecule has 0 radical (unpaired) electrons. The second kappa shape index (κ2) is 4.81. The van der Waals surface area contributed by atoms with Crippen LogP contribution in [0.2, 0.25) is 0 Å². The summed E-state index contributed by atoms with van der Waals surface area (Å²) in [6.07, 6.45) is 4.45. The molecule has 88 valence electrons. The Morgan fingerprint density at radius 2 is 2.00 bits per heavy atom. The van der Waals surface area contributed by atoms with Crippen molar-refractivity contribution in [3.8, 4) is 0 Å². The van der Waals surface area contributed by atoms with Gasteiger partial charge in [0.25, 0.3) is 0 Å². The van der Waals surface area contributed by atoms with Crippen LogP contribution < -0.4 is 0 Å². The molecular weight excluding hydrogens is 188 g/mol. The Hall–Kier alpha value is -0.120. The highest BCUT2D eigenvalue weighted by molar-refractivity contribution is 4.85. The van der Waals surface area contributed by atoms with E-state index in [0.29, 0.717) is 12.1 Å². The van der Waals surface area contributed by atoms with Gasteiger partial charge in [-0.05, 0) is 39.7 Å². The molecule has 2 aliphatic rings. The Morgan fingerprint density at radius 3 is 2.67 bits per heavy atom. The molecule has 3 unspecified atom stereocenters. The summed E-state index contributed by atoms with van der Waals surface area (Å²) in [4.78, 5) is 5.02. The fraction of sp³-hybridized carbons (Fsp3) is 1.00. The maximum Gasteiger partial charge on any atom is 0.0555 e. The fourth-order valence-electron chi connectivity index (χ4n) is 2.88. The molecule has 1 aliphatic heterocycles. The number of rotatable bonds is 1. The van der Waals surface area contributed by atoms with Crippen LogP contribution in [0, 0.1) is 0 Å². The van der Waals surface area contributed by atoms with Gasteiger partial charge in [0.05, 0.1) is 6.10 Å². The molecule has 1 heterocycles.